The number of oxazole rings is 1. The van der Waals surface area contributed by atoms with Crippen molar-refractivity contribution in [1.82, 2.24) is 15.2 Å². The van der Waals surface area contributed by atoms with Gasteiger partial charge in [0.15, 0.2) is 5.69 Å². The molecule has 1 aromatic carbocycles. The van der Waals surface area contributed by atoms with E-state index in [1.807, 2.05) is 12.1 Å². The van der Waals surface area contributed by atoms with Gasteiger partial charge in [-0.05, 0) is 63.2 Å². The lowest BCUT2D eigenvalue weighted by molar-refractivity contribution is 0.0946. The van der Waals surface area contributed by atoms with Crippen LogP contribution in [0.4, 0.5) is 5.69 Å². The fourth-order valence-electron chi connectivity index (χ4n) is 2.83. The van der Waals surface area contributed by atoms with Crippen LogP contribution in [0.5, 0.6) is 0 Å². The van der Waals surface area contributed by atoms with Crippen LogP contribution in [0.2, 0.25) is 0 Å². The van der Waals surface area contributed by atoms with Crippen molar-refractivity contribution in [3.05, 3.63) is 36.2 Å². The average Bonchev–Trinajstić information content (AvgIpc) is 3.17. The van der Waals surface area contributed by atoms with E-state index in [0.29, 0.717) is 23.8 Å². The highest BCUT2D eigenvalue weighted by molar-refractivity contribution is 5.92. The molecule has 6 heteroatoms. The smallest absolute Gasteiger partial charge is 0.273 e. The van der Waals surface area contributed by atoms with Crippen molar-refractivity contribution in [3.8, 4) is 11.5 Å². The molecule has 2 aromatic rings. The molecule has 0 aliphatic carbocycles. The van der Waals surface area contributed by atoms with Gasteiger partial charge in [-0.1, -0.05) is 26.7 Å². The van der Waals surface area contributed by atoms with Gasteiger partial charge < -0.3 is 20.4 Å². The molecule has 1 aromatic heterocycles. The van der Waals surface area contributed by atoms with Crippen LogP contribution >= 0.6 is 0 Å². The number of rotatable bonds is 12. The standard InChI is InChI=1S/C21H32N4O2/c1-3-5-13-25(14-6-4-2)15-7-12-23-20(26)19-16-27-21(24-19)17-8-10-18(22)11-9-17/h8-11,16H,3-7,12-15,22H2,1-2H3,(H,23,26). The summed E-state index contributed by atoms with van der Waals surface area (Å²) < 4.78 is 5.42. The normalized spacial score (nSPS) is 11.1. The Bertz CT molecular complexity index is 674. The number of nitrogens with zero attached hydrogens (tertiary/aromatic N) is 2. The lowest BCUT2D eigenvalue weighted by Crippen LogP contribution is -2.31. The summed E-state index contributed by atoms with van der Waals surface area (Å²) in [5.41, 5.74) is 7.46. The maximum absolute atomic E-state index is 12.3. The van der Waals surface area contributed by atoms with Crippen molar-refractivity contribution < 1.29 is 9.21 Å². The van der Waals surface area contributed by atoms with Crippen LogP contribution in [0.1, 0.15) is 56.4 Å². The lowest BCUT2D eigenvalue weighted by Gasteiger charge is -2.21. The van der Waals surface area contributed by atoms with E-state index in [4.69, 9.17) is 10.2 Å². The highest BCUT2D eigenvalue weighted by atomic mass is 16.3. The first-order chi connectivity index (χ1) is 13.1. The van der Waals surface area contributed by atoms with E-state index in [2.05, 4.69) is 29.0 Å². The van der Waals surface area contributed by atoms with Crippen molar-refractivity contribution in [2.24, 2.45) is 0 Å². The van der Waals surface area contributed by atoms with Gasteiger partial charge in [0.2, 0.25) is 5.89 Å². The van der Waals surface area contributed by atoms with Gasteiger partial charge in [-0.2, -0.15) is 0 Å². The van der Waals surface area contributed by atoms with E-state index < -0.39 is 0 Å². The minimum absolute atomic E-state index is 0.200. The molecule has 0 saturated heterocycles. The Morgan fingerprint density at radius 3 is 2.33 bits per heavy atom. The summed E-state index contributed by atoms with van der Waals surface area (Å²) in [6.07, 6.45) is 7.20. The predicted molar refractivity (Wildman–Crippen MR) is 110 cm³/mol. The number of benzene rings is 1. The van der Waals surface area contributed by atoms with Crippen molar-refractivity contribution >= 4 is 11.6 Å². The van der Waals surface area contributed by atoms with Gasteiger partial charge in [0.25, 0.3) is 5.91 Å². The molecule has 148 valence electrons. The lowest BCUT2D eigenvalue weighted by atomic mass is 10.2. The van der Waals surface area contributed by atoms with Crippen LogP contribution in [0.15, 0.2) is 34.9 Å². The van der Waals surface area contributed by atoms with Gasteiger partial charge in [-0.25, -0.2) is 4.98 Å². The zero-order valence-electron chi connectivity index (χ0n) is 16.5. The number of carbonyl (C=O) groups is 1. The van der Waals surface area contributed by atoms with Gasteiger partial charge in [0, 0.05) is 17.8 Å². The van der Waals surface area contributed by atoms with Crippen molar-refractivity contribution in [3.63, 3.8) is 0 Å². The zero-order chi connectivity index (χ0) is 19.5. The van der Waals surface area contributed by atoms with Crippen LogP contribution in [0.3, 0.4) is 0 Å². The molecule has 27 heavy (non-hydrogen) atoms. The molecule has 2 rings (SSSR count). The van der Waals surface area contributed by atoms with Gasteiger partial charge in [-0.3, -0.25) is 4.79 Å². The largest absolute Gasteiger partial charge is 0.444 e. The Hall–Kier alpha value is -2.34. The van der Waals surface area contributed by atoms with Crippen LogP contribution in [-0.4, -0.2) is 42.0 Å². The number of nitrogen functional groups attached to an aromatic ring is 1. The van der Waals surface area contributed by atoms with Gasteiger partial charge >= 0.3 is 0 Å². The molecule has 0 aliphatic heterocycles. The third-order valence-corrected chi connectivity index (χ3v) is 4.49. The summed E-state index contributed by atoms with van der Waals surface area (Å²) in [6.45, 7) is 8.36. The molecule has 1 heterocycles. The van der Waals surface area contributed by atoms with Crippen LogP contribution in [-0.2, 0) is 0 Å². The SMILES string of the molecule is CCCCN(CCCC)CCCNC(=O)c1coc(-c2ccc(N)cc2)n1. The topological polar surface area (TPSA) is 84.4 Å². The number of hydrogen-bond donors (Lipinski definition) is 2. The Morgan fingerprint density at radius 2 is 1.70 bits per heavy atom. The van der Waals surface area contributed by atoms with Gasteiger partial charge in [-0.15, -0.1) is 0 Å². The monoisotopic (exact) mass is 372 g/mol. The van der Waals surface area contributed by atoms with Crippen LogP contribution in [0.25, 0.3) is 11.5 Å². The average molecular weight is 373 g/mol. The summed E-state index contributed by atoms with van der Waals surface area (Å²) in [6, 6.07) is 7.21. The summed E-state index contributed by atoms with van der Waals surface area (Å²) in [7, 11) is 0. The molecule has 1 amide bonds. The molecule has 0 atom stereocenters. The van der Waals surface area contributed by atoms with E-state index in [-0.39, 0.29) is 5.91 Å². The number of nitrogens with one attached hydrogen (secondary N) is 1. The second-order valence-corrected chi connectivity index (χ2v) is 6.82. The minimum Gasteiger partial charge on any atom is -0.444 e. The van der Waals surface area contributed by atoms with Crippen molar-refractivity contribution in [1.29, 1.82) is 0 Å². The predicted octanol–water partition coefficient (Wildman–Crippen LogP) is 3.95. The second kappa shape index (κ2) is 11.4. The molecule has 0 unspecified atom stereocenters. The fourth-order valence-corrected chi connectivity index (χ4v) is 2.83. The highest BCUT2D eigenvalue weighted by Gasteiger charge is 2.13. The molecule has 0 aliphatic rings. The Morgan fingerprint density at radius 1 is 1.07 bits per heavy atom. The number of amides is 1. The summed E-state index contributed by atoms with van der Waals surface area (Å²) >= 11 is 0. The second-order valence-electron chi connectivity index (χ2n) is 6.82. The van der Waals surface area contributed by atoms with Gasteiger partial charge in [0.1, 0.15) is 6.26 Å². The number of aromatic nitrogens is 1. The van der Waals surface area contributed by atoms with Crippen LogP contribution in [0, 0.1) is 0 Å². The van der Waals surface area contributed by atoms with E-state index in [0.717, 1.165) is 31.6 Å². The number of unbranched alkanes of at least 4 members (excludes halogenated alkanes) is 2. The number of nitrogens with two attached hydrogens (primary N) is 1. The summed E-state index contributed by atoms with van der Waals surface area (Å²) in [4.78, 5) is 19.0. The molecular weight excluding hydrogens is 340 g/mol. The van der Waals surface area contributed by atoms with Crippen LogP contribution < -0.4 is 11.1 Å². The van der Waals surface area contributed by atoms with E-state index in [1.54, 1.807) is 12.1 Å². The molecule has 6 nitrogen and oxygen atoms in total. The third kappa shape index (κ3) is 7.06. The van der Waals surface area contributed by atoms with E-state index >= 15 is 0 Å². The highest BCUT2D eigenvalue weighted by Crippen LogP contribution is 2.19. The van der Waals surface area contributed by atoms with E-state index in [1.165, 1.54) is 31.9 Å². The van der Waals surface area contributed by atoms with E-state index in [9.17, 15) is 4.79 Å². The molecule has 0 saturated carbocycles. The first kappa shape index (κ1) is 21.0. The van der Waals surface area contributed by atoms with Gasteiger partial charge in [0.05, 0.1) is 0 Å². The number of hydrogen-bond acceptors (Lipinski definition) is 5. The molecule has 0 radical (unpaired) electrons. The number of anilines is 1. The van der Waals surface area contributed by atoms with Crippen molar-refractivity contribution in [2.75, 3.05) is 31.9 Å². The molecule has 0 spiro atoms. The first-order valence-electron chi connectivity index (χ1n) is 9.96. The Labute approximate surface area is 162 Å². The summed E-state index contributed by atoms with van der Waals surface area (Å²) in [5.74, 6) is 0.222. The molecule has 0 bridgehead atoms. The summed E-state index contributed by atoms with van der Waals surface area (Å²) in [5, 5.41) is 2.93. The Balaban J connectivity index is 1.77. The molecular formula is C21H32N4O2. The maximum atomic E-state index is 12.3. The van der Waals surface area contributed by atoms with Crippen molar-refractivity contribution in [2.45, 2.75) is 46.0 Å². The fraction of sp³-hybridized carbons (Fsp3) is 0.524. The third-order valence-electron chi connectivity index (χ3n) is 4.49. The zero-order valence-corrected chi connectivity index (χ0v) is 16.5. The molecule has 3 N–H and O–H groups in total. The maximum Gasteiger partial charge on any atom is 0.273 e. The minimum atomic E-state index is -0.200. The number of carbonyl (C=O) groups excluding carboxylic acids is 1. The quantitative estimate of drug-likeness (QED) is 0.435. The molecule has 0 fully saturated rings. The first-order valence-corrected chi connectivity index (χ1v) is 9.96. The Kier molecular flexibility index (Phi) is 8.84.